The smallest absolute Gasteiger partial charge is 0.193 e. The summed E-state index contributed by atoms with van der Waals surface area (Å²) in [5.74, 6) is 0.941. The van der Waals surface area contributed by atoms with E-state index in [1.165, 1.54) is 0 Å². The Morgan fingerprint density at radius 1 is 1.11 bits per heavy atom. The summed E-state index contributed by atoms with van der Waals surface area (Å²) in [7, 11) is 0.523. The number of nitrogens with one attached hydrogen (secondary N) is 1. The maximum absolute atomic E-state index is 12.2. The van der Waals surface area contributed by atoms with Gasteiger partial charge in [0, 0.05) is 32.2 Å². The molecule has 0 aromatic heterocycles. The van der Waals surface area contributed by atoms with Crippen LogP contribution in [-0.4, -0.2) is 45.7 Å². The van der Waals surface area contributed by atoms with Crippen LogP contribution >= 0.6 is 35.6 Å². The van der Waals surface area contributed by atoms with Gasteiger partial charge in [0.2, 0.25) is 0 Å². The van der Waals surface area contributed by atoms with Gasteiger partial charge in [-0.2, -0.15) is 0 Å². The third-order valence-corrected chi connectivity index (χ3v) is 5.95. The minimum Gasteiger partial charge on any atom is -0.356 e. The van der Waals surface area contributed by atoms with E-state index in [1.807, 2.05) is 66.5 Å². The first-order chi connectivity index (χ1) is 12.9. The number of halogens is 2. The average molecular weight is 536 g/mol. The van der Waals surface area contributed by atoms with Crippen molar-refractivity contribution in [1.82, 2.24) is 10.2 Å². The lowest BCUT2D eigenvalue weighted by molar-refractivity contribution is 0.476. The highest BCUT2D eigenvalue weighted by Crippen LogP contribution is 2.12. The van der Waals surface area contributed by atoms with E-state index in [0.29, 0.717) is 24.5 Å². The molecule has 0 fully saturated rings. The van der Waals surface area contributed by atoms with Gasteiger partial charge in [0.1, 0.15) is 0 Å². The van der Waals surface area contributed by atoms with Crippen molar-refractivity contribution in [2.24, 2.45) is 4.99 Å². The van der Waals surface area contributed by atoms with Crippen LogP contribution in [0.2, 0.25) is 5.02 Å². The van der Waals surface area contributed by atoms with Crippen molar-refractivity contribution in [2.75, 3.05) is 26.4 Å². The maximum Gasteiger partial charge on any atom is 0.193 e. The molecule has 0 saturated carbocycles. The van der Waals surface area contributed by atoms with Crippen LogP contribution < -0.4 is 5.32 Å². The molecule has 0 aliphatic carbocycles. The van der Waals surface area contributed by atoms with Gasteiger partial charge in [-0.05, 0) is 29.7 Å². The van der Waals surface area contributed by atoms with Gasteiger partial charge >= 0.3 is 0 Å². The van der Waals surface area contributed by atoms with Gasteiger partial charge in [0.05, 0.1) is 11.5 Å². The summed E-state index contributed by atoms with van der Waals surface area (Å²) in [6.45, 7) is 1.20. The SMILES string of the molecule is CN=C(NCCCS(=O)(=O)Cc1ccccc1)N(C)Cc1cccc(Cl)c1.I. The molecule has 0 unspecified atom stereocenters. The molecule has 0 heterocycles. The molecule has 0 radical (unpaired) electrons. The third kappa shape index (κ3) is 8.79. The Morgan fingerprint density at radius 2 is 1.79 bits per heavy atom. The van der Waals surface area contributed by atoms with Crippen LogP contribution in [0.1, 0.15) is 17.5 Å². The largest absolute Gasteiger partial charge is 0.356 e. The van der Waals surface area contributed by atoms with Gasteiger partial charge < -0.3 is 10.2 Å². The van der Waals surface area contributed by atoms with Gasteiger partial charge in [0.25, 0.3) is 0 Å². The molecule has 2 aromatic rings. The lowest BCUT2D eigenvalue weighted by Gasteiger charge is -2.22. The summed E-state index contributed by atoms with van der Waals surface area (Å²) in [5, 5.41) is 3.92. The fraction of sp³-hybridized carbons (Fsp3) is 0.350. The minimum atomic E-state index is -3.12. The van der Waals surface area contributed by atoms with Crippen molar-refractivity contribution in [2.45, 2.75) is 18.7 Å². The van der Waals surface area contributed by atoms with E-state index < -0.39 is 9.84 Å². The van der Waals surface area contributed by atoms with E-state index in [1.54, 1.807) is 7.05 Å². The Bertz CT molecular complexity index is 861. The quantitative estimate of drug-likeness (QED) is 0.241. The molecule has 2 rings (SSSR count). The summed E-state index contributed by atoms with van der Waals surface area (Å²) >= 11 is 6.02. The molecule has 2 aromatic carbocycles. The van der Waals surface area contributed by atoms with Gasteiger partial charge in [-0.3, -0.25) is 4.99 Å². The molecule has 8 heteroatoms. The lowest BCUT2D eigenvalue weighted by atomic mass is 10.2. The summed E-state index contributed by atoms with van der Waals surface area (Å²) < 4.78 is 24.5. The molecule has 0 spiro atoms. The molecule has 1 N–H and O–H groups in total. The van der Waals surface area contributed by atoms with Crippen LogP contribution in [0.5, 0.6) is 0 Å². The van der Waals surface area contributed by atoms with Crippen LogP contribution in [-0.2, 0) is 22.1 Å². The zero-order chi connectivity index (χ0) is 19.7. The number of hydrogen-bond acceptors (Lipinski definition) is 3. The summed E-state index contributed by atoms with van der Waals surface area (Å²) in [5.41, 5.74) is 1.90. The van der Waals surface area contributed by atoms with E-state index in [2.05, 4.69) is 10.3 Å². The van der Waals surface area contributed by atoms with E-state index in [-0.39, 0.29) is 35.5 Å². The topological polar surface area (TPSA) is 61.8 Å². The van der Waals surface area contributed by atoms with Gasteiger partial charge in [0.15, 0.2) is 15.8 Å². The molecule has 5 nitrogen and oxygen atoms in total. The maximum atomic E-state index is 12.2. The monoisotopic (exact) mass is 535 g/mol. The second kappa shape index (κ2) is 12.3. The highest BCUT2D eigenvalue weighted by atomic mass is 127. The number of rotatable bonds is 8. The van der Waals surface area contributed by atoms with Crippen LogP contribution in [0.15, 0.2) is 59.6 Å². The van der Waals surface area contributed by atoms with Gasteiger partial charge in [-0.1, -0.05) is 54.1 Å². The molecule has 0 aliphatic rings. The standard InChI is InChI=1S/C20H26ClN3O2S.HI/c1-22-20(24(2)15-18-10-6-11-19(21)14-18)23-12-7-13-27(25,26)16-17-8-4-3-5-9-17;/h3-6,8-11,14H,7,12-13,15-16H2,1-2H3,(H,22,23);1H. The highest BCUT2D eigenvalue weighted by molar-refractivity contribution is 14.0. The zero-order valence-corrected chi connectivity index (χ0v) is 20.0. The Labute approximate surface area is 190 Å². The Morgan fingerprint density at radius 3 is 2.43 bits per heavy atom. The second-order valence-corrected chi connectivity index (χ2v) is 9.01. The minimum absolute atomic E-state index is 0. The Balaban J connectivity index is 0.00000392. The first-order valence-electron chi connectivity index (χ1n) is 8.80. The number of sulfone groups is 1. The van der Waals surface area contributed by atoms with Crippen LogP contribution in [0.4, 0.5) is 0 Å². The van der Waals surface area contributed by atoms with Crippen molar-refractivity contribution in [3.8, 4) is 0 Å². The molecule has 0 atom stereocenters. The van der Waals surface area contributed by atoms with Gasteiger partial charge in [-0.15, -0.1) is 24.0 Å². The van der Waals surface area contributed by atoms with Crippen molar-refractivity contribution >= 4 is 51.4 Å². The van der Waals surface area contributed by atoms with Crippen molar-refractivity contribution in [3.05, 3.63) is 70.7 Å². The molecule has 0 bridgehead atoms. The normalized spacial score (nSPS) is 11.6. The molecule has 0 amide bonds. The predicted molar refractivity (Wildman–Crippen MR) is 128 cm³/mol. The number of hydrogen-bond donors (Lipinski definition) is 1. The van der Waals surface area contributed by atoms with E-state index >= 15 is 0 Å². The molecular formula is C20H27ClIN3O2S. The van der Waals surface area contributed by atoms with Crippen molar-refractivity contribution in [1.29, 1.82) is 0 Å². The summed E-state index contributed by atoms with van der Waals surface area (Å²) in [4.78, 5) is 6.23. The van der Waals surface area contributed by atoms with Crippen molar-refractivity contribution in [3.63, 3.8) is 0 Å². The van der Waals surface area contributed by atoms with Gasteiger partial charge in [-0.25, -0.2) is 8.42 Å². The predicted octanol–water partition coefficient (Wildman–Crippen LogP) is 3.97. The molecule has 0 aliphatic heterocycles. The fourth-order valence-electron chi connectivity index (χ4n) is 2.76. The molecular weight excluding hydrogens is 509 g/mol. The molecule has 154 valence electrons. The molecule has 0 saturated heterocycles. The van der Waals surface area contributed by atoms with E-state index in [0.717, 1.165) is 17.1 Å². The Hall–Kier alpha value is -1.32. The first-order valence-corrected chi connectivity index (χ1v) is 11.0. The van der Waals surface area contributed by atoms with E-state index in [9.17, 15) is 8.42 Å². The highest BCUT2D eigenvalue weighted by Gasteiger charge is 2.12. The number of nitrogens with zero attached hydrogens (tertiary/aromatic N) is 2. The van der Waals surface area contributed by atoms with E-state index in [4.69, 9.17) is 11.6 Å². The summed E-state index contributed by atoms with van der Waals surface area (Å²) in [6, 6.07) is 16.9. The Kier molecular flexibility index (Phi) is 10.8. The second-order valence-electron chi connectivity index (χ2n) is 6.39. The number of aliphatic imine (C=N–C) groups is 1. The molecule has 28 heavy (non-hydrogen) atoms. The lowest BCUT2D eigenvalue weighted by Crippen LogP contribution is -2.39. The number of guanidine groups is 1. The summed E-state index contributed by atoms with van der Waals surface area (Å²) in [6.07, 6.45) is 0.527. The van der Waals surface area contributed by atoms with Crippen LogP contribution in [0.3, 0.4) is 0 Å². The first kappa shape index (κ1) is 24.7. The van der Waals surface area contributed by atoms with Crippen LogP contribution in [0.25, 0.3) is 0 Å². The number of benzene rings is 2. The third-order valence-electron chi connectivity index (χ3n) is 4.03. The fourth-order valence-corrected chi connectivity index (χ4v) is 4.40. The van der Waals surface area contributed by atoms with Crippen molar-refractivity contribution < 1.29 is 8.42 Å². The average Bonchev–Trinajstić information content (AvgIpc) is 2.62. The van der Waals surface area contributed by atoms with Crippen LogP contribution in [0, 0.1) is 0 Å². The zero-order valence-electron chi connectivity index (χ0n) is 16.1.